The van der Waals surface area contributed by atoms with E-state index in [1.54, 1.807) is 7.11 Å². The Morgan fingerprint density at radius 3 is 2.66 bits per heavy atom. The van der Waals surface area contributed by atoms with Crippen LogP contribution in [0.1, 0.15) is 54.0 Å². The molecule has 2 aromatic carbocycles. The molecule has 2 heterocycles. The second-order valence-electron chi connectivity index (χ2n) is 8.24. The first-order chi connectivity index (χ1) is 15.6. The summed E-state index contributed by atoms with van der Waals surface area (Å²) in [4.78, 5) is 13.6. The Bertz CT molecular complexity index is 1200. The van der Waals surface area contributed by atoms with Crippen molar-refractivity contribution in [1.29, 1.82) is 0 Å². The molecular weight excluding hydrogens is 404 g/mol. The van der Waals surface area contributed by atoms with Crippen LogP contribution in [0.5, 0.6) is 11.5 Å². The maximum atomic E-state index is 13.6. The summed E-state index contributed by atoms with van der Waals surface area (Å²) in [6.45, 7) is 4.37. The number of hydrogen-bond acceptors (Lipinski definition) is 6. The first kappa shape index (κ1) is 20.4. The molecule has 2 unspecified atom stereocenters. The molecule has 0 bridgehead atoms. The summed E-state index contributed by atoms with van der Waals surface area (Å²) in [6, 6.07) is 16.1. The monoisotopic (exact) mass is 430 g/mol. The minimum Gasteiger partial charge on any atom is -0.493 e. The van der Waals surface area contributed by atoms with Crippen molar-refractivity contribution in [2.45, 2.75) is 38.5 Å². The van der Waals surface area contributed by atoms with Gasteiger partial charge in [-0.3, -0.25) is 4.79 Å². The largest absolute Gasteiger partial charge is 0.493 e. The lowest BCUT2D eigenvalue weighted by molar-refractivity contribution is -0.116. The van der Waals surface area contributed by atoms with Crippen molar-refractivity contribution in [2.24, 2.45) is 0 Å². The highest BCUT2D eigenvalue weighted by Crippen LogP contribution is 2.49. The number of fused-ring (bicyclic) bond motifs is 1. The van der Waals surface area contributed by atoms with Crippen LogP contribution in [0.2, 0.25) is 0 Å². The molecule has 2 aliphatic rings. The van der Waals surface area contributed by atoms with Gasteiger partial charge in [-0.1, -0.05) is 41.6 Å². The number of rotatable bonds is 5. The number of nitrogens with zero attached hydrogens (tertiary/aromatic N) is 1. The van der Waals surface area contributed by atoms with Crippen LogP contribution in [-0.2, 0) is 4.79 Å². The van der Waals surface area contributed by atoms with Crippen molar-refractivity contribution in [3.63, 3.8) is 0 Å². The third-order valence-corrected chi connectivity index (χ3v) is 6.35. The second-order valence-corrected chi connectivity index (χ2v) is 8.24. The number of methoxy groups -OCH3 is 1. The molecule has 2 atom stereocenters. The van der Waals surface area contributed by atoms with E-state index in [2.05, 4.69) is 22.6 Å². The number of benzene rings is 2. The summed E-state index contributed by atoms with van der Waals surface area (Å²) >= 11 is 0. The average molecular weight is 431 g/mol. The van der Waals surface area contributed by atoms with Crippen LogP contribution >= 0.6 is 0 Å². The van der Waals surface area contributed by atoms with Crippen LogP contribution in [0.25, 0.3) is 0 Å². The van der Waals surface area contributed by atoms with Crippen molar-refractivity contribution < 1.29 is 18.8 Å². The molecule has 0 amide bonds. The topological polar surface area (TPSA) is 73.6 Å². The standard InChI is InChI=1S/C26H26N2O4/c1-4-31-22-14-17(10-11-21(22)30-3)24-23-15(2)28-32-26(23)27-19-12-18(13-20(29)25(19)24)16-8-6-5-7-9-16/h5-11,14,18,24,27H,4,12-13H2,1-3H3. The van der Waals surface area contributed by atoms with E-state index in [0.717, 1.165) is 34.5 Å². The SMILES string of the molecule is CCOc1cc(C2C3=C(CC(c4ccccc4)CC3=O)Nc3onc(C)c32)ccc1OC. The van der Waals surface area contributed by atoms with Crippen molar-refractivity contribution >= 4 is 11.7 Å². The molecule has 3 aromatic rings. The second kappa shape index (κ2) is 8.19. The fourth-order valence-corrected chi connectivity index (χ4v) is 4.91. The van der Waals surface area contributed by atoms with Gasteiger partial charge < -0.3 is 19.3 Å². The molecule has 1 N–H and O–H groups in total. The van der Waals surface area contributed by atoms with E-state index in [0.29, 0.717) is 30.4 Å². The summed E-state index contributed by atoms with van der Waals surface area (Å²) < 4.78 is 16.9. The Hall–Kier alpha value is -3.54. The number of allylic oxidation sites excluding steroid dienone is 2. The highest BCUT2D eigenvalue weighted by molar-refractivity contribution is 6.01. The van der Waals surface area contributed by atoms with Crippen LogP contribution in [0.3, 0.4) is 0 Å². The van der Waals surface area contributed by atoms with Gasteiger partial charge in [-0.25, -0.2) is 0 Å². The summed E-state index contributed by atoms with van der Waals surface area (Å²) in [6.07, 6.45) is 1.23. The van der Waals surface area contributed by atoms with Crippen molar-refractivity contribution in [3.8, 4) is 11.5 Å². The molecule has 0 spiro atoms. The number of carbonyl (C=O) groups excluding carboxylic acids is 1. The number of ether oxygens (including phenoxy) is 2. The summed E-state index contributed by atoms with van der Waals surface area (Å²) in [7, 11) is 1.62. The van der Waals surface area contributed by atoms with E-state index in [9.17, 15) is 4.79 Å². The lowest BCUT2D eigenvalue weighted by atomic mass is 9.72. The van der Waals surface area contributed by atoms with Gasteiger partial charge in [-0.2, -0.15) is 0 Å². The minimum atomic E-state index is -0.262. The Labute approximate surface area is 187 Å². The molecule has 0 saturated carbocycles. The van der Waals surface area contributed by atoms with Crippen LogP contribution in [0, 0.1) is 6.92 Å². The van der Waals surface area contributed by atoms with Crippen molar-refractivity contribution in [2.75, 3.05) is 19.0 Å². The van der Waals surface area contributed by atoms with Crippen molar-refractivity contribution in [3.05, 3.63) is 82.2 Å². The molecule has 0 fully saturated rings. The molecule has 1 aliphatic carbocycles. The number of anilines is 1. The molecular formula is C26H26N2O4. The quantitative estimate of drug-likeness (QED) is 0.588. The number of hydrogen-bond donors (Lipinski definition) is 1. The molecule has 6 nitrogen and oxygen atoms in total. The zero-order valence-electron chi connectivity index (χ0n) is 18.5. The Morgan fingerprint density at radius 1 is 1.09 bits per heavy atom. The zero-order valence-corrected chi connectivity index (χ0v) is 18.5. The Kier molecular flexibility index (Phi) is 5.21. The molecule has 6 heteroatoms. The van der Waals surface area contributed by atoms with Gasteiger partial charge in [0.15, 0.2) is 17.3 Å². The number of aryl methyl sites for hydroxylation is 1. The molecule has 164 valence electrons. The number of carbonyl (C=O) groups is 1. The van der Waals surface area contributed by atoms with E-state index < -0.39 is 0 Å². The van der Waals surface area contributed by atoms with Gasteiger partial charge in [0.25, 0.3) is 0 Å². The molecule has 32 heavy (non-hydrogen) atoms. The molecule has 1 aliphatic heterocycles. The van der Waals surface area contributed by atoms with Gasteiger partial charge in [0.05, 0.1) is 25.0 Å². The predicted octanol–water partition coefficient (Wildman–Crippen LogP) is 5.35. The van der Waals surface area contributed by atoms with E-state index in [1.165, 1.54) is 5.56 Å². The first-order valence-electron chi connectivity index (χ1n) is 11.0. The van der Waals surface area contributed by atoms with Gasteiger partial charge >= 0.3 is 0 Å². The fourth-order valence-electron chi connectivity index (χ4n) is 4.91. The van der Waals surface area contributed by atoms with Gasteiger partial charge in [0, 0.05) is 23.6 Å². The average Bonchev–Trinajstić information content (AvgIpc) is 3.18. The third kappa shape index (κ3) is 3.36. The Balaban J connectivity index is 1.63. The van der Waals surface area contributed by atoms with Gasteiger partial charge in [0.1, 0.15) is 0 Å². The van der Waals surface area contributed by atoms with Gasteiger partial charge in [-0.05, 0) is 49.4 Å². The summed E-state index contributed by atoms with van der Waals surface area (Å²) in [5.41, 5.74) is 5.52. The fraction of sp³-hybridized carbons (Fsp3) is 0.308. The van der Waals surface area contributed by atoms with Crippen LogP contribution in [0.4, 0.5) is 5.88 Å². The van der Waals surface area contributed by atoms with Crippen LogP contribution < -0.4 is 14.8 Å². The van der Waals surface area contributed by atoms with Crippen LogP contribution in [0.15, 0.2) is 64.3 Å². The highest BCUT2D eigenvalue weighted by Gasteiger charge is 2.41. The van der Waals surface area contributed by atoms with Crippen molar-refractivity contribution in [1.82, 2.24) is 5.16 Å². The van der Waals surface area contributed by atoms with E-state index >= 15 is 0 Å². The smallest absolute Gasteiger partial charge is 0.233 e. The molecule has 1 aromatic heterocycles. The minimum absolute atomic E-state index is 0.135. The molecule has 0 saturated heterocycles. The van der Waals surface area contributed by atoms with E-state index in [-0.39, 0.29) is 17.6 Å². The number of nitrogens with one attached hydrogen (secondary N) is 1. The number of aromatic nitrogens is 1. The van der Waals surface area contributed by atoms with Gasteiger partial charge in [-0.15, -0.1) is 0 Å². The zero-order chi connectivity index (χ0) is 22.2. The first-order valence-corrected chi connectivity index (χ1v) is 11.0. The maximum Gasteiger partial charge on any atom is 0.233 e. The van der Waals surface area contributed by atoms with E-state index in [1.807, 2.05) is 50.2 Å². The summed E-state index contributed by atoms with van der Waals surface area (Å²) in [5, 5.41) is 7.58. The summed E-state index contributed by atoms with van der Waals surface area (Å²) in [5.74, 6) is 1.96. The Morgan fingerprint density at radius 2 is 1.91 bits per heavy atom. The maximum absolute atomic E-state index is 13.6. The lowest BCUT2D eigenvalue weighted by Crippen LogP contribution is -2.29. The highest BCUT2D eigenvalue weighted by atomic mass is 16.5. The van der Waals surface area contributed by atoms with Crippen LogP contribution in [-0.4, -0.2) is 24.7 Å². The molecule has 5 rings (SSSR count). The van der Waals surface area contributed by atoms with E-state index in [4.69, 9.17) is 14.0 Å². The number of ketones is 1. The number of Topliss-reactive ketones (excluding diaryl/α,β-unsaturated/α-hetero) is 1. The normalized spacial score (nSPS) is 19.8. The molecule has 0 radical (unpaired) electrons. The third-order valence-electron chi connectivity index (χ3n) is 6.35. The predicted molar refractivity (Wildman–Crippen MR) is 121 cm³/mol. The van der Waals surface area contributed by atoms with Gasteiger partial charge in [0.2, 0.25) is 5.88 Å². The lowest BCUT2D eigenvalue weighted by Gasteiger charge is -2.34.